The van der Waals surface area contributed by atoms with Crippen LogP contribution >= 0.6 is 0 Å². The predicted octanol–water partition coefficient (Wildman–Crippen LogP) is 2.06. The van der Waals surface area contributed by atoms with Crippen LogP contribution < -0.4 is 15.0 Å². The lowest BCUT2D eigenvalue weighted by molar-refractivity contribution is 0.316. The topological polar surface area (TPSA) is 37.4 Å². The Balaban J connectivity index is 2.01. The Labute approximate surface area is 109 Å². The number of aromatic nitrogens is 1. The van der Waals surface area contributed by atoms with Gasteiger partial charge in [-0.2, -0.15) is 0 Å². The lowest BCUT2D eigenvalue weighted by Gasteiger charge is -2.27. The molecule has 1 aromatic rings. The molecule has 0 amide bonds. The molecule has 0 unspecified atom stereocenters. The Hall–Kier alpha value is -1.29. The highest BCUT2D eigenvalue weighted by atomic mass is 16.5. The van der Waals surface area contributed by atoms with E-state index in [-0.39, 0.29) is 0 Å². The standard InChI is InChI=1S/C14H23N3O/c1-2-9-18-14-10-13(11-16-12-14)17-7-3-5-15-6-4-8-17/h10-12,15H,2-9H2,1H3. The second kappa shape index (κ2) is 7.21. The van der Waals surface area contributed by atoms with Gasteiger partial charge in [0.2, 0.25) is 0 Å². The lowest BCUT2D eigenvalue weighted by Crippen LogP contribution is -2.33. The average molecular weight is 249 g/mol. The fourth-order valence-corrected chi connectivity index (χ4v) is 2.16. The van der Waals surface area contributed by atoms with Crippen molar-refractivity contribution in [3.05, 3.63) is 18.5 Å². The molecule has 1 fully saturated rings. The van der Waals surface area contributed by atoms with Crippen LogP contribution in [0.15, 0.2) is 18.5 Å². The van der Waals surface area contributed by atoms with E-state index in [0.29, 0.717) is 0 Å². The molecule has 18 heavy (non-hydrogen) atoms. The molecule has 1 aromatic heterocycles. The van der Waals surface area contributed by atoms with E-state index >= 15 is 0 Å². The summed E-state index contributed by atoms with van der Waals surface area (Å²) in [5.41, 5.74) is 1.19. The van der Waals surface area contributed by atoms with Crippen LogP contribution in [0, 0.1) is 0 Å². The van der Waals surface area contributed by atoms with Crippen molar-refractivity contribution in [3.8, 4) is 5.75 Å². The first kappa shape index (κ1) is 13.1. The van der Waals surface area contributed by atoms with Crippen molar-refractivity contribution in [3.63, 3.8) is 0 Å². The maximum Gasteiger partial charge on any atom is 0.139 e. The quantitative estimate of drug-likeness (QED) is 0.886. The van der Waals surface area contributed by atoms with Gasteiger partial charge in [-0.1, -0.05) is 6.92 Å². The van der Waals surface area contributed by atoms with Crippen LogP contribution in [0.1, 0.15) is 26.2 Å². The summed E-state index contributed by atoms with van der Waals surface area (Å²) < 4.78 is 5.64. The molecule has 2 rings (SSSR count). The molecular formula is C14H23N3O. The second-order valence-corrected chi connectivity index (χ2v) is 4.67. The highest BCUT2D eigenvalue weighted by Gasteiger charge is 2.09. The summed E-state index contributed by atoms with van der Waals surface area (Å²) in [6.45, 7) is 7.27. The number of ether oxygens (including phenoxy) is 1. The Kier molecular flexibility index (Phi) is 5.27. The van der Waals surface area contributed by atoms with Gasteiger partial charge < -0.3 is 15.0 Å². The number of pyridine rings is 1. The summed E-state index contributed by atoms with van der Waals surface area (Å²) in [6, 6.07) is 2.11. The van der Waals surface area contributed by atoms with Crippen molar-refractivity contribution in [1.29, 1.82) is 0 Å². The molecule has 0 aromatic carbocycles. The number of nitrogens with zero attached hydrogens (tertiary/aromatic N) is 2. The minimum Gasteiger partial charge on any atom is -0.492 e. The van der Waals surface area contributed by atoms with Crippen LogP contribution in [-0.4, -0.2) is 37.8 Å². The SMILES string of the molecule is CCCOc1cncc(N2CCCNCCC2)c1. The van der Waals surface area contributed by atoms with Crippen LogP contribution in [0.2, 0.25) is 0 Å². The van der Waals surface area contributed by atoms with E-state index in [1.165, 1.54) is 18.5 Å². The Morgan fingerprint density at radius 3 is 2.78 bits per heavy atom. The van der Waals surface area contributed by atoms with E-state index in [1.54, 1.807) is 6.20 Å². The van der Waals surface area contributed by atoms with Crippen LogP contribution in [0.4, 0.5) is 5.69 Å². The monoisotopic (exact) mass is 249 g/mol. The van der Waals surface area contributed by atoms with Crippen molar-refractivity contribution >= 4 is 5.69 Å². The maximum atomic E-state index is 5.64. The number of nitrogens with one attached hydrogen (secondary N) is 1. The van der Waals surface area contributed by atoms with E-state index in [1.807, 2.05) is 6.20 Å². The van der Waals surface area contributed by atoms with Gasteiger partial charge in [0.15, 0.2) is 0 Å². The summed E-state index contributed by atoms with van der Waals surface area (Å²) in [5.74, 6) is 0.884. The molecule has 1 N–H and O–H groups in total. The molecular weight excluding hydrogens is 226 g/mol. The third-order valence-electron chi connectivity index (χ3n) is 3.10. The van der Waals surface area contributed by atoms with Gasteiger partial charge in [0, 0.05) is 19.2 Å². The second-order valence-electron chi connectivity index (χ2n) is 4.67. The van der Waals surface area contributed by atoms with E-state index in [4.69, 9.17) is 4.74 Å². The zero-order chi connectivity index (χ0) is 12.6. The molecule has 100 valence electrons. The summed E-state index contributed by atoms with van der Waals surface area (Å²) in [4.78, 5) is 6.69. The van der Waals surface area contributed by atoms with E-state index in [2.05, 4.69) is 28.2 Å². The van der Waals surface area contributed by atoms with Crippen LogP contribution in [0.3, 0.4) is 0 Å². The van der Waals surface area contributed by atoms with Gasteiger partial charge in [-0.3, -0.25) is 4.98 Å². The number of rotatable bonds is 4. The van der Waals surface area contributed by atoms with Gasteiger partial charge in [-0.25, -0.2) is 0 Å². The first-order valence-corrected chi connectivity index (χ1v) is 6.93. The molecule has 1 aliphatic rings. The predicted molar refractivity (Wildman–Crippen MR) is 74.3 cm³/mol. The van der Waals surface area contributed by atoms with Gasteiger partial charge in [-0.05, 0) is 32.4 Å². The average Bonchev–Trinajstić information content (AvgIpc) is 2.36. The Morgan fingerprint density at radius 1 is 1.28 bits per heavy atom. The first-order chi connectivity index (χ1) is 8.90. The molecule has 0 saturated carbocycles. The molecule has 0 radical (unpaired) electrons. The van der Waals surface area contributed by atoms with Crippen molar-refractivity contribution in [2.24, 2.45) is 0 Å². The van der Waals surface area contributed by atoms with E-state index < -0.39 is 0 Å². The highest BCUT2D eigenvalue weighted by Crippen LogP contribution is 2.20. The fraction of sp³-hybridized carbons (Fsp3) is 0.643. The molecule has 0 bridgehead atoms. The summed E-state index contributed by atoms with van der Waals surface area (Å²) >= 11 is 0. The normalized spacial score (nSPS) is 17.1. The zero-order valence-electron chi connectivity index (χ0n) is 11.2. The minimum atomic E-state index is 0.759. The number of hydrogen-bond donors (Lipinski definition) is 1. The molecule has 4 heteroatoms. The number of hydrogen-bond acceptors (Lipinski definition) is 4. The van der Waals surface area contributed by atoms with Gasteiger partial charge in [0.05, 0.1) is 24.7 Å². The molecule has 0 spiro atoms. The lowest BCUT2D eigenvalue weighted by atomic mass is 10.2. The Bertz CT molecular complexity index is 349. The third kappa shape index (κ3) is 3.88. The fourth-order valence-electron chi connectivity index (χ4n) is 2.16. The van der Waals surface area contributed by atoms with Gasteiger partial charge in [0.25, 0.3) is 0 Å². The number of anilines is 1. The molecule has 2 heterocycles. The summed E-state index contributed by atoms with van der Waals surface area (Å²) in [5, 5.41) is 3.43. The van der Waals surface area contributed by atoms with Crippen molar-refractivity contribution in [1.82, 2.24) is 10.3 Å². The molecule has 0 aliphatic carbocycles. The van der Waals surface area contributed by atoms with Crippen LogP contribution in [0.5, 0.6) is 5.75 Å². The first-order valence-electron chi connectivity index (χ1n) is 6.93. The van der Waals surface area contributed by atoms with Gasteiger partial charge >= 0.3 is 0 Å². The van der Waals surface area contributed by atoms with E-state index in [0.717, 1.165) is 45.0 Å². The highest BCUT2D eigenvalue weighted by molar-refractivity contribution is 5.48. The minimum absolute atomic E-state index is 0.759. The van der Waals surface area contributed by atoms with E-state index in [9.17, 15) is 0 Å². The maximum absolute atomic E-state index is 5.64. The van der Waals surface area contributed by atoms with Gasteiger partial charge in [-0.15, -0.1) is 0 Å². The van der Waals surface area contributed by atoms with Crippen molar-refractivity contribution < 1.29 is 4.74 Å². The Morgan fingerprint density at radius 2 is 2.06 bits per heavy atom. The van der Waals surface area contributed by atoms with Crippen molar-refractivity contribution in [2.45, 2.75) is 26.2 Å². The van der Waals surface area contributed by atoms with Gasteiger partial charge in [0.1, 0.15) is 5.75 Å². The largest absolute Gasteiger partial charge is 0.492 e. The molecule has 4 nitrogen and oxygen atoms in total. The van der Waals surface area contributed by atoms with Crippen molar-refractivity contribution in [2.75, 3.05) is 37.7 Å². The summed E-state index contributed by atoms with van der Waals surface area (Å²) in [7, 11) is 0. The smallest absolute Gasteiger partial charge is 0.139 e. The summed E-state index contributed by atoms with van der Waals surface area (Å²) in [6.07, 6.45) is 7.12. The molecule has 1 saturated heterocycles. The van der Waals surface area contributed by atoms with Crippen LogP contribution in [-0.2, 0) is 0 Å². The van der Waals surface area contributed by atoms with Crippen LogP contribution in [0.25, 0.3) is 0 Å². The third-order valence-corrected chi connectivity index (χ3v) is 3.10. The zero-order valence-corrected chi connectivity index (χ0v) is 11.2. The molecule has 1 aliphatic heterocycles. The molecule has 0 atom stereocenters.